The highest BCUT2D eigenvalue weighted by atomic mass is 31.1. The van der Waals surface area contributed by atoms with Crippen molar-refractivity contribution in [3.8, 4) is 11.5 Å². The smallest absolute Gasteiger partial charge is 0.220 e. The van der Waals surface area contributed by atoms with Crippen molar-refractivity contribution in [2.75, 3.05) is 27.4 Å². The summed E-state index contributed by atoms with van der Waals surface area (Å²) in [5.74, 6) is -0.906. The van der Waals surface area contributed by atoms with Gasteiger partial charge in [0, 0.05) is 35.6 Å². The van der Waals surface area contributed by atoms with E-state index < -0.39 is 39.6 Å². The average molecular weight is 857 g/mol. The van der Waals surface area contributed by atoms with Crippen molar-refractivity contribution in [3.05, 3.63) is 194 Å². The van der Waals surface area contributed by atoms with Crippen LogP contribution in [-0.2, 0) is 18.9 Å². The molecular formula is C54H50O6P2. The van der Waals surface area contributed by atoms with E-state index in [2.05, 4.69) is 194 Å². The summed E-state index contributed by atoms with van der Waals surface area (Å²) < 4.78 is 40.4. The van der Waals surface area contributed by atoms with Crippen molar-refractivity contribution in [3.63, 3.8) is 0 Å². The Hall–Kier alpha value is -5.42. The zero-order valence-corrected chi connectivity index (χ0v) is 37.2. The number of methoxy groups -OCH3 is 2. The van der Waals surface area contributed by atoms with Crippen LogP contribution < -0.4 is 41.3 Å². The Kier molecular flexibility index (Phi) is 12.5. The predicted octanol–water partition coefficient (Wildman–Crippen LogP) is 9.48. The third-order valence-corrected chi connectivity index (χ3v) is 16.7. The summed E-state index contributed by atoms with van der Waals surface area (Å²) in [5.41, 5.74) is 0. The third-order valence-electron chi connectivity index (χ3n) is 11.8. The molecule has 0 amide bonds. The van der Waals surface area contributed by atoms with Crippen molar-refractivity contribution in [2.24, 2.45) is 0 Å². The molecule has 0 N–H and O–H groups in total. The molecule has 1 fully saturated rings. The van der Waals surface area contributed by atoms with Crippen LogP contribution in [0.2, 0.25) is 0 Å². The van der Waals surface area contributed by atoms with Gasteiger partial charge < -0.3 is 28.4 Å². The number of ether oxygens (including phenoxy) is 6. The molecule has 1 aliphatic heterocycles. The van der Waals surface area contributed by atoms with Gasteiger partial charge in [0.05, 0.1) is 0 Å². The maximum Gasteiger partial charge on any atom is 0.220 e. The van der Waals surface area contributed by atoms with Gasteiger partial charge in [-0.15, -0.1) is 0 Å². The molecule has 1 heterocycles. The second-order valence-corrected chi connectivity index (χ2v) is 19.9. The third kappa shape index (κ3) is 8.28. The molecule has 4 atom stereocenters. The van der Waals surface area contributed by atoms with Crippen LogP contribution in [0.3, 0.4) is 0 Å². The number of hydrogen-bond acceptors (Lipinski definition) is 6. The van der Waals surface area contributed by atoms with E-state index >= 15 is 0 Å². The van der Waals surface area contributed by atoms with Crippen LogP contribution in [0.25, 0.3) is 21.5 Å². The lowest BCUT2D eigenvalue weighted by molar-refractivity contribution is -0.450. The number of fused-ring (bicyclic) bond motifs is 2. The highest BCUT2D eigenvalue weighted by molar-refractivity contribution is 7.80. The second kappa shape index (κ2) is 18.5. The van der Waals surface area contributed by atoms with E-state index in [0.29, 0.717) is 0 Å². The van der Waals surface area contributed by atoms with Crippen molar-refractivity contribution in [1.29, 1.82) is 0 Å². The van der Waals surface area contributed by atoms with Crippen LogP contribution in [0.4, 0.5) is 0 Å². The average Bonchev–Trinajstić information content (AvgIpc) is 3.33. The first-order valence-corrected chi connectivity index (χ1v) is 23.6. The fourth-order valence-corrected chi connectivity index (χ4v) is 13.1. The Bertz CT molecular complexity index is 2470. The number of hydrogen-bond donors (Lipinski definition) is 0. The molecule has 0 spiro atoms. The number of benzene rings is 8. The van der Waals surface area contributed by atoms with E-state index in [1.807, 2.05) is 13.8 Å². The van der Waals surface area contributed by atoms with E-state index in [4.69, 9.17) is 28.4 Å². The first-order valence-electron chi connectivity index (χ1n) is 21.0. The molecule has 0 aliphatic carbocycles. The van der Waals surface area contributed by atoms with Gasteiger partial charge in [0.2, 0.25) is 11.6 Å². The lowest BCUT2D eigenvalue weighted by Crippen LogP contribution is -2.67. The Labute approximate surface area is 366 Å². The molecular weight excluding hydrogens is 807 g/mol. The van der Waals surface area contributed by atoms with Crippen LogP contribution >= 0.6 is 15.8 Å². The fraction of sp³-hybridized carbons (Fsp3) is 0.185. The molecule has 0 radical (unpaired) electrons. The highest BCUT2D eigenvalue weighted by Crippen LogP contribution is 2.44. The van der Waals surface area contributed by atoms with Crippen LogP contribution in [0.1, 0.15) is 13.8 Å². The lowest BCUT2D eigenvalue weighted by Gasteiger charge is -2.51. The summed E-state index contributed by atoms with van der Waals surface area (Å²) in [6.07, 6.45) is -1.25. The molecule has 8 aromatic carbocycles. The van der Waals surface area contributed by atoms with Gasteiger partial charge >= 0.3 is 0 Å². The molecule has 312 valence electrons. The van der Waals surface area contributed by atoms with Crippen LogP contribution in [0.5, 0.6) is 11.5 Å². The molecule has 0 bridgehead atoms. The van der Waals surface area contributed by atoms with Gasteiger partial charge in [-0.1, -0.05) is 182 Å². The Morgan fingerprint density at radius 3 is 1.03 bits per heavy atom. The Morgan fingerprint density at radius 2 is 0.710 bits per heavy atom. The van der Waals surface area contributed by atoms with Gasteiger partial charge in [0.1, 0.15) is 36.9 Å². The molecule has 0 unspecified atom stereocenters. The van der Waals surface area contributed by atoms with Gasteiger partial charge in [-0.05, 0) is 73.8 Å². The topological polar surface area (TPSA) is 55.4 Å². The van der Waals surface area contributed by atoms with Gasteiger partial charge in [-0.3, -0.25) is 0 Å². The first kappa shape index (κ1) is 41.9. The van der Waals surface area contributed by atoms with E-state index in [0.717, 1.165) is 43.7 Å². The van der Waals surface area contributed by atoms with E-state index in [1.165, 1.54) is 21.2 Å². The van der Waals surface area contributed by atoms with Gasteiger partial charge in [-0.2, -0.15) is 0 Å². The maximum atomic E-state index is 7.15. The summed E-state index contributed by atoms with van der Waals surface area (Å²) in [4.78, 5) is 0. The summed E-state index contributed by atoms with van der Waals surface area (Å²) in [7, 11) is 1.25. The minimum Gasteiger partial charge on any atom is -0.489 e. The zero-order chi connectivity index (χ0) is 42.5. The van der Waals surface area contributed by atoms with Crippen LogP contribution in [0, 0.1) is 0 Å². The highest BCUT2D eigenvalue weighted by Gasteiger charge is 2.57. The molecule has 0 aromatic heterocycles. The van der Waals surface area contributed by atoms with E-state index in [9.17, 15) is 0 Å². The molecule has 62 heavy (non-hydrogen) atoms. The number of rotatable bonds is 14. The SMILES string of the molecule is CO[C@]1(C)O[C@@H](COc2c(P(c3ccccc3)c3ccccc3)ccc3ccccc23)[C@H](COc2c(P(c3ccccc3)c3ccccc3)ccc3ccccc23)O[C@@]1(C)OC. The Morgan fingerprint density at radius 1 is 0.403 bits per heavy atom. The summed E-state index contributed by atoms with van der Waals surface area (Å²) in [6, 6.07) is 68.4. The van der Waals surface area contributed by atoms with Gasteiger partial charge in [-0.25, -0.2) is 0 Å². The fourth-order valence-electron chi connectivity index (χ4n) is 8.31. The molecule has 9 rings (SSSR count). The lowest BCUT2D eigenvalue weighted by atomic mass is 10.0. The summed E-state index contributed by atoms with van der Waals surface area (Å²) in [5, 5.41) is 11.4. The molecule has 6 nitrogen and oxygen atoms in total. The predicted molar refractivity (Wildman–Crippen MR) is 257 cm³/mol. The van der Waals surface area contributed by atoms with Crippen LogP contribution in [0.15, 0.2) is 194 Å². The van der Waals surface area contributed by atoms with Crippen molar-refractivity contribution in [1.82, 2.24) is 0 Å². The van der Waals surface area contributed by atoms with E-state index in [-0.39, 0.29) is 13.2 Å². The van der Waals surface area contributed by atoms with E-state index in [1.54, 1.807) is 14.2 Å². The molecule has 8 aromatic rings. The molecule has 0 saturated carbocycles. The van der Waals surface area contributed by atoms with Gasteiger partial charge in [0.25, 0.3) is 0 Å². The first-order chi connectivity index (χ1) is 30.4. The zero-order valence-electron chi connectivity index (χ0n) is 35.4. The van der Waals surface area contributed by atoms with Crippen molar-refractivity contribution < 1.29 is 28.4 Å². The second-order valence-electron chi connectivity index (χ2n) is 15.5. The summed E-state index contributed by atoms with van der Waals surface area (Å²) in [6.45, 7) is 4.01. The van der Waals surface area contributed by atoms with Crippen molar-refractivity contribution in [2.45, 2.75) is 37.6 Å². The summed E-state index contributed by atoms with van der Waals surface area (Å²) >= 11 is 0. The quantitative estimate of drug-likeness (QED) is 0.102. The largest absolute Gasteiger partial charge is 0.489 e. The van der Waals surface area contributed by atoms with Gasteiger partial charge in [0.15, 0.2) is 0 Å². The standard InChI is InChI=1S/C54H50O6P2/c1-53(55-3)54(2,56-4)60-48(38-58-52-46-32-20-18-22-40(46)34-36-50(52)62(43-27-13-7-14-28-43)44-29-15-8-16-30-44)47(59-53)37-57-51-45-31-19-17-21-39(45)33-35-49(51)61(41-23-9-5-10-24-41)42-25-11-6-12-26-42/h5-36,47-48H,37-38H2,1-4H3/t47-,48-,53+,54+/m0/s1. The Balaban J connectivity index is 1.11. The minimum absolute atomic E-state index is 0.156. The van der Waals surface area contributed by atoms with Crippen LogP contribution in [-0.4, -0.2) is 51.2 Å². The molecule has 8 heteroatoms. The molecule has 1 saturated heterocycles. The maximum absolute atomic E-state index is 7.15. The van der Waals surface area contributed by atoms with Crippen molar-refractivity contribution >= 4 is 69.2 Å². The minimum atomic E-state index is -1.27. The monoisotopic (exact) mass is 856 g/mol. The normalized spacial score (nSPS) is 20.2. The molecule has 1 aliphatic rings.